The van der Waals surface area contributed by atoms with Crippen molar-refractivity contribution in [3.63, 3.8) is 0 Å². The van der Waals surface area contributed by atoms with E-state index in [0.29, 0.717) is 5.69 Å². The molecule has 1 aromatic carbocycles. The topological polar surface area (TPSA) is 125 Å². The molecule has 0 unspecified atom stereocenters. The number of nitrogens with two attached hydrogens (primary N) is 1. The van der Waals surface area contributed by atoms with Gasteiger partial charge in [0.15, 0.2) is 5.43 Å². The SMILES string of the molecule is Cc1cc(=O)c(C(=O)Nc2ccc(C(=O)O)cc2N)c[nH]1. The van der Waals surface area contributed by atoms with Crippen LogP contribution in [-0.4, -0.2) is 22.0 Å². The lowest BCUT2D eigenvalue weighted by molar-refractivity contribution is 0.0697. The Hall–Kier alpha value is -3.09. The zero-order valence-corrected chi connectivity index (χ0v) is 11.1. The molecule has 2 aromatic rings. The maximum Gasteiger partial charge on any atom is 0.335 e. The highest BCUT2D eigenvalue weighted by molar-refractivity contribution is 6.06. The first kappa shape index (κ1) is 14.3. The summed E-state index contributed by atoms with van der Waals surface area (Å²) < 4.78 is 0. The number of aryl methyl sites for hydroxylation is 1. The van der Waals surface area contributed by atoms with E-state index in [9.17, 15) is 14.4 Å². The summed E-state index contributed by atoms with van der Waals surface area (Å²) >= 11 is 0. The van der Waals surface area contributed by atoms with Gasteiger partial charge in [0.2, 0.25) is 0 Å². The Bertz CT molecular complexity index is 780. The van der Waals surface area contributed by atoms with E-state index in [4.69, 9.17) is 10.8 Å². The van der Waals surface area contributed by atoms with E-state index in [1.54, 1.807) is 6.92 Å². The van der Waals surface area contributed by atoms with Crippen LogP contribution in [0.2, 0.25) is 0 Å². The molecule has 0 saturated carbocycles. The third kappa shape index (κ3) is 3.08. The van der Waals surface area contributed by atoms with Gasteiger partial charge in [0.1, 0.15) is 5.56 Å². The Morgan fingerprint density at radius 1 is 1.29 bits per heavy atom. The molecule has 0 bridgehead atoms. The molecule has 7 heteroatoms. The van der Waals surface area contributed by atoms with Crippen molar-refractivity contribution in [1.82, 2.24) is 4.98 Å². The monoisotopic (exact) mass is 287 g/mol. The van der Waals surface area contributed by atoms with Crippen LogP contribution in [0.5, 0.6) is 0 Å². The number of carboxylic acids is 1. The molecule has 0 fully saturated rings. The maximum absolute atomic E-state index is 12.0. The summed E-state index contributed by atoms with van der Waals surface area (Å²) in [7, 11) is 0. The Balaban J connectivity index is 2.27. The van der Waals surface area contributed by atoms with E-state index < -0.39 is 17.3 Å². The van der Waals surface area contributed by atoms with Crippen molar-refractivity contribution < 1.29 is 14.7 Å². The van der Waals surface area contributed by atoms with Gasteiger partial charge in [-0.25, -0.2) is 4.79 Å². The molecule has 0 atom stereocenters. The zero-order chi connectivity index (χ0) is 15.6. The molecule has 0 aliphatic rings. The molecule has 5 N–H and O–H groups in total. The Morgan fingerprint density at radius 2 is 2.00 bits per heavy atom. The number of hydrogen-bond donors (Lipinski definition) is 4. The number of nitrogens with one attached hydrogen (secondary N) is 2. The van der Waals surface area contributed by atoms with E-state index in [-0.39, 0.29) is 22.5 Å². The quantitative estimate of drug-likeness (QED) is 0.631. The standard InChI is InChI=1S/C14H13N3O4/c1-7-4-12(18)9(6-16-7)13(19)17-11-3-2-8(14(20)21)5-10(11)15/h2-6H,15H2,1H3,(H,16,18)(H,17,19)(H,20,21). The smallest absolute Gasteiger partial charge is 0.335 e. The summed E-state index contributed by atoms with van der Waals surface area (Å²) in [4.78, 5) is 37.3. The number of amides is 1. The normalized spacial score (nSPS) is 10.1. The third-order valence-corrected chi connectivity index (χ3v) is 2.85. The molecular formula is C14H13N3O4. The summed E-state index contributed by atoms with van der Waals surface area (Å²) in [6.07, 6.45) is 1.31. The van der Waals surface area contributed by atoms with Gasteiger partial charge in [-0.05, 0) is 25.1 Å². The Morgan fingerprint density at radius 3 is 2.57 bits per heavy atom. The van der Waals surface area contributed by atoms with Crippen molar-refractivity contribution in [1.29, 1.82) is 0 Å². The van der Waals surface area contributed by atoms with E-state index in [1.807, 2.05) is 0 Å². The number of pyridine rings is 1. The maximum atomic E-state index is 12.0. The van der Waals surface area contributed by atoms with E-state index in [1.165, 1.54) is 30.5 Å². The van der Waals surface area contributed by atoms with Gasteiger partial charge in [-0.15, -0.1) is 0 Å². The van der Waals surface area contributed by atoms with Crippen LogP contribution in [0.15, 0.2) is 35.3 Å². The predicted molar refractivity (Wildman–Crippen MR) is 77.6 cm³/mol. The molecule has 0 aliphatic carbocycles. The summed E-state index contributed by atoms with van der Waals surface area (Å²) in [6, 6.07) is 5.23. The Kier molecular flexibility index (Phi) is 3.75. The van der Waals surface area contributed by atoms with Crippen molar-refractivity contribution in [2.24, 2.45) is 0 Å². The highest BCUT2D eigenvalue weighted by atomic mass is 16.4. The Labute approximate surface area is 119 Å². The lowest BCUT2D eigenvalue weighted by Gasteiger charge is -2.08. The minimum absolute atomic E-state index is 0.0127. The molecule has 0 saturated heterocycles. The van der Waals surface area contributed by atoms with Crippen LogP contribution >= 0.6 is 0 Å². The molecule has 1 amide bonds. The first-order valence-electron chi connectivity index (χ1n) is 6.02. The number of aromatic carboxylic acids is 1. The van der Waals surface area contributed by atoms with Crippen molar-refractivity contribution >= 4 is 23.3 Å². The number of nitrogen functional groups attached to an aromatic ring is 1. The summed E-state index contributed by atoms with van der Waals surface area (Å²) in [5, 5.41) is 11.3. The molecule has 0 radical (unpaired) electrons. The van der Waals surface area contributed by atoms with Crippen LogP contribution in [0.4, 0.5) is 11.4 Å². The van der Waals surface area contributed by atoms with Gasteiger partial charge in [-0.3, -0.25) is 9.59 Å². The second-order valence-corrected chi connectivity index (χ2v) is 4.46. The number of carbonyl (C=O) groups is 2. The minimum atomic E-state index is -1.12. The van der Waals surface area contributed by atoms with Crippen LogP contribution in [0.1, 0.15) is 26.4 Å². The number of benzene rings is 1. The molecule has 108 valence electrons. The van der Waals surface area contributed by atoms with Crippen LogP contribution in [0.3, 0.4) is 0 Å². The van der Waals surface area contributed by atoms with Crippen LogP contribution in [-0.2, 0) is 0 Å². The van der Waals surface area contributed by atoms with Gasteiger partial charge in [0, 0.05) is 18.0 Å². The van der Waals surface area contributed by atoms with Crippen LogP contribution < -0.4 is 16.5 Å². The van der Waals surface area contributed by atoms with Crippen molar-refractivity contribution in [3.8, 4) is 0 Å². The second-order valence-electron chi connectivity index (χ2n) is 4.46. The summed E-state index contributed by atoms with van der Waals surface area (Å²) in [5.74, 6) is -1.74. The number of aromatic amines is 1. The first-order valence-corrected chi connectivity index (χ1v) is 6.02. The van der Waals surface area contributed by atoms with E-state index in [2.05, 4.69) is 10.3 Å². The molecule has 0 spiro atoms. The molecule has 21 heavy (non-hydrogen) atoms. The fourth-order valence-electron chi connectivity index (χ4n) is 1.75. The van der Waals surface area contributed by atoms with Crippen LogP contribution in [0, 0.1) is 6.92 Å². The van der Waals surface area contributed by atoms with Gasteiger partial charge >= 0.3 is 5.97 Å². The van der Waals surface area contributed by atoms with Gasteiger partial charge in [-0.1, -0.05) is 0 Å². The molecule has 0 aliphatic heterocycles. The van der Waals surface area contributed by atoms with Gasteiger partial charge in [0.05, 0.1) is 16.9 Å². The second kappa shape index (κ2) is 5.49. The fraction of sp³-hybridized carbons (Fsp3) is 0.0714. The lowest BCUT2D eigenvalue weighted by atomic mass is 10.1. The van der Waals surface area contributed by atoms with Crippen molar-refractivity contribution in [2.45, 2.75) is 6.92 Å². The minimum Gasteiger partial charge on any atom is -0.478 e. The largest absolute Gasteiger partial charge is 0.478 e. The molecule has 1 heterocycles. The highest BCUT2D eigenvalue weighted by Gasteiger charge is 2.13. The van der Waals surface area contributed by atoms with E-state index >= 15 is 0 Å². The third-order valence-electron chi connectivity index (χ3n) is 2.85. The number of H-pyrrole nitrogens is 1. The number of hydrogen-bond acceptors (Lipinski definition) is 4. The van der Waals surface area contributed by atoms with Crippen molar-refractivity contribution in [3.05, 3.63) is 57.5 Å². The summed E-state index contributed by atoms with van der Waals surface area (Å²) in [6.45, 7) is 1.70. The number of anilines is 2. The average Bonchev–Trinajstić information content (AvgIpc) is 2.40. The number of rotatable bonds is 3. The number of carboxylic acid groups (broad SMARTS) is 1. The first-order chi connectivity index (χ1) is 9.88. The van der Waals surface area contributed by atoms with Crippen LogP contribution in [0.25, 0.3) is 0 Å². The van der Waals surface area contributed by atoms with Gasteiger partial charge in [0.25, 0.3) is 5.91 Å². The molecule has 7 nitrogen and oxygen atoms in total. The number of aromatic nitrogens is 1. The van der Waals surface area contributed by atoms with Gasteiger partial charge < -0.3 is 21.1 Å². The average molecular weight is 287 g/mol. The number of carbonyl (C=O) groups excluding carboxylic acids is 1. The fourth-order valence-corrected chi connectivity index (χ4v) is 1.75. The summed E-state index contributed by atoms with van der Waals surface area (Å²) in [5.41, 5.74) is 6.22. The molecule has 2 rings (SSSR count). The zero-order valence-electron chi connectivity index (χ0n) is 11.1. The molecule has 1 aromatic heterocycles. The van der Waals surface area contributed by atoms with Crippen molar-refractivity contribution in [2.75, 3.05) is 11.1 Å². The lowest BCUT2D eigenvalue weighted by Crippen LogP contribution is -2.22. The highest BCUT2D eigenvalue weighted by Crippen LogP contribution is 2.20. The molecular weight excluding hydrogens is 274 g/mol. The predicted octanol–water partition coefficient (Wildman–Crippen LogP) is 1.22. The van der Waals surface area contributed by atoms with E-state index in [0.717, 1.165) is 0 Å². The van der Waals surface area contributed by atoms with Gasteiger partial charge in [-0.2, -0.15) is 0 Å².